The molecule has 0 saturated heterocycles. The molecule has 0 spiro atoms. The molecule has 2 saturated carbocycles. The first kappa shape index (κ1) is 13.4. The van der Waals surface area contributed by atoms with Gasteiger partial charge in [-0.2, -0.15) is 0 Å². The van der Waals surface area contributed by atoms with Crippen LogP contribution in [0.3, 0.4) is 0 Å². The average molecular weight is 274 g/mol. The van der Waals surface area contributed by atoms with Crippen molar-refractivity contribution in [3.05, 3.63) is 23.4 Å². The number of hydrogen-bond acceptors (Lipinski definition) is 3. The molecule has 3 rings (SSSR count). The normalized spacial score (nSPS) is 18.3. The predicted molar refractivity (Wildman–Crippen MR) is 78.0 cm³/mol. The van der Waals surface area contributed by atoms with Crippen LogP contribution in [-0.4, -0.2) is 22.6 Å². The van der Waals surface area contributed by atoms with E-state index in [0.29, 0.717) is 11.4 Å². The van der Waals surface area contributed by atoms with E-state index in [2.05, 4.69) is 10.3 Å². The Balaban J connectivity index is 1.69. The van der Waals surface area contributed by atoms with Crippen LogP contribution in [0.5, 0.6) is 0 Å². The first-order valence-electron chi connectivity index (χ1n) is 7.65. The molecule has 2 fully saturated rings. The van der Waals surface area contributed by atoms with Crippen LogP contribution in [0.4, 0.5) is 5.82 Å². The highest BCUT2D eigenvalue weighted by molar-refractivity contribution is 5.88. The van der Waals surface area contributed by atoms with Gasteiger partial charge in [-0.1, -0.05) is 6.92 Å². The topological polar surface area (TPSA) is 62.2 Å². The second-order valence-electron chi connectivity index (χ2n) is 6.11. The second-order valence-corrected chi connectivity index (χ2v) is 6.11. The van der Waals surface area contributed by atoms with Crippen LogP contribution in [0.1, 0.15) is 48.7 Å². The van der Waals surface area contributed by atoms with Gasteiger partial charge in [0, 0.05) is 12.2 Å². The molecule has 2 aliphatic carbocycles. The molecule has 0 aromatic carbocycles. The van der Waals surface area contributed by atoms with Crippen LogP contribution in [0.25, 0.3) is 0 Å². The van der Waals surface area contributed by atoms with Gasteiger partial charge in [-0.05, 0) is 62.0 Å². The molecule has 0 amide bonds. The van der Waals surface area contributed by atoms with Gasteiger partial charge >= 0.3 is 5.97 Å². The number of aryl methyl sites for hydroxylation is 1. The highest BCUT2D eigenvalue weighted by atomic mass is 16.4. The average Bonchev–Trinajstić information content (AvgIpc) is 3.31. The lowest BCUT2D eigenvalue weighted by Crippen LogP contribution is -2.19. The standard InChI is InChI=1S/C16H22N2O2/c1-2-13-7-12(16(19)20)8-15(18-13)17-9-14(10-3-4-10)11-5-6-11/h7-8,10-11,14H,2-6,9H2,1H3,(H,17,18)(H,19,20). The number of rotatable bonds is 7. The molecule has 4 heteroatoms. The zero-order valence-electron chi connectivity index (χ0n) is 11.9. The maximum atomic E-state index is 11.1. The Morgan fingerprint density at radius 3 is 2.50 bits per heavy atom. The SMILES string of the molecule is CCc1cc(C(=O)O)cc(NCC(C2CC2)C2CC2)n1. The molecule has 0 bridgehead atoms. The second kappa shape index (κ2) is 5.43. The summed E-state index contributed by atoms with van der Waals surface area (Å²) in [6.07, 6.45) is 6.22. The van der Waals surface area contributed by atoms with Gasteiger partial charge in [0.15, 0.2) is 0 Å². The quantitative estimate of drug-likeness (QED) is 0.801. The van der Waals surface area contributed by atoms with Gasteiger partial charge in [-0.25, -0.2) is 9.78 Å². The number of nitrogens with one attached hydrogen (secondary N) is 1. The van der Waals surface area contributed by atoms with Crippen LogP contribution in [0.15, 0.2) is 12.1 Å². The number of pyridine rings is 1. The molecular formula is C16H22N2O2. The van der Waals surface area contributed by atoms with E-state index in [1.807, 2.05) is 6.92 Å². The van der Waals surface area contributed by atoms with Crippen LogP contribution < -0.4 is 5.32 Å². The van der Waals surface area contributed by atoms with E-state index in [0.717, 1.165) is 36.4 Å². The molecule has 1 aromatic heterocycles. The minimum absolute atomic E-state index is 0.328. The summed E-state index contributed by atoms with van der Waals surface area (Å²) >= 11 is 0. The molecular weight excluding hydrogens is 252 g/mol. The summed E-state index contributed by atoms with van der Waals surface area (Å²) in [6, 6.07) is 3.31. The van der Waals surface area contributed by atoms with E-state index in [-0.39, 0.29) is 0 Å². The molecule has 0 unspecified atom stereocenters. The van der Waals surface area contributed by atoms with Gasteiger partial charge < -0.3 is 10.4 Å². The number of carbonyl (C=O) groups is 1. The monoisotopic (exact) mass is 274 g/mol. The number of aromatic carboxylic acids is 1. The minimum Gasteiger partial charge on any atom is -0.478 e. The fraction of sp³-hybridized carbons (Fsp3) is 0.625. The number of hydrogen-bond donors (Lipinski definition) is 2. The van der Waals surface area contributed by atoms with Crippen molar-refractivity contribution in [2.45, 2.75) is 39.0 Å². The Morgan fingerprint density at radius 2 is 2.00 bits per heavy atom. The molecule has 0 radical (unpaired) electrons. The van der Waals surface area contributed by atoms with Crippen LogP contribution in [0, 0.1) is 17.8 Å². The maximum absolute atomic E-state index is 11.1. The zero-order valence-corrected chi connectivity index (χ0v) is 11.9. The van der Waals surface area contributed by atoms with Gasteiger partial charge in [-0.3, -0.25) is 0 Å². The lowest BCUT2D eigenvalue weighted by atomic mass is 9.98. The molecule has 108 valence electrons. The van der Waals surface area contributed by atoms with E-state index < -0.39 is 5.97 Å². The van der Waals surface area contributed by atoms with Crippen molar-refractivity contribution in [1.82, 2.24) is 4.98 Å². The van der Waals surface area contributed by atoms with Crippen molar-refractivity contribution in [2.24, 2.45) is 17.8 Å². The molecule has 0 atom stereocenters. The Bertz CT molecular complexity index is 495. The van der Waals surface area contributed by atoms with Crippen molar-refractivity contribution in [2.75, 3.05) is 11.9 Å². The van der Waals surface area contributed by atoms with Crippen molar-refractivity contribution >= 4 is 11.8 Å². The minimum atomic E-state index is -0.883. The Morgan fingerprint density at radius 1 is 1.35 bits per heavy atom. The van der Waals surface area contributed by atoms with Crippen molar-refractivity contribution < 1.29 is 9.90 Å². The smallest absolute Gasteiger partial charge is 0.335 e. The third-order valence-electron chi connectivity index (χ3n) is 4.46. The van der Waals surface area contributed by atoms with Gasteiger partial charge in [0.25, 0.3) is 0 Å². The van der Waals surface area contributed by atoms with E-state index in [1.165, 1.54) is 25.7 Å². The summed E-state index contributed by atoms with van der Waals surface area (Å²) in [4.78, 5) is 15.6. The summed E-state index contributed by atoms with van der Waals surface area (Å²) in [5, 5.41) is 12.5. The van der Waals surface area contributed by atoms with Gasteiger partial charge in [0.1, 0.15) is 5.82 Å². The lowest BCUT2D eigenvalue weighted by molar-refractivity contribution is 0.0696. The highest BCUT2D eigenvalue weighted by Gasteiger charge is 2.41. The van der Waals surface area contributed by atoms with Gasteiger partial charge in [0.2, 0.25) is 0 Å². The van der Waals surface area contributed by atoms with Crippen molar-refractivity contribution in [3.63, 3.8) is 0 Å². The molecule has 1 aromatic rings. The van der Waals surface area contributed by atoms with Crippen LogP contribution in [0.2, 0.25) is 0 Å². The Kier molecular flexibility index (Phi) is 3.64. The number of carboxylic acids is 1. The maximum Gasteiger partial charge on any atom is 0.335 e. The van der Waals surface area contributed by atoms with E-state index in [4.69, 9.17) is 5.11 Å². The lowest BCUT2D eigenvalue weighted by Gasteiger charge is -2.17. The molecule has 2 N–H and O–H groups in total. The number of aromatic nitrogens is 1. The van der Waals surface area contributed by atoms with Crippen LogP contribution >= 0.6 is 0 Å². The Hall–Kier alpha value is -1.58. The summed E-state index contributed by atoms with van der Waals surface area (Å²) in [5.74, 6) is 2.38. The number of carboxylic acid groups (broad SMARTS) is 1. The van der Waals surface area contributed by atoms with E-state index >= 15 is 0 Å². The highest BCUT2D eigenvalue weighted by Crippen LogP contribution is 2.49. The van der Waals surface area contributed by atoms with E-state index in [9.17, 15) is 4.79 Å². The molecule has 20 heavy (non-hydrogen) atoms. The molecule has 4 nitrogen and oxygen atoms in total. The first-order chi connectivity index (χ1) is 9.67. The van der Waals surface area contributed by atoms with Gasteiger partial charge in [-0.15, -0.1) is 0 Å². The third-order valence-corrected chi connectivity index (χ3v) is 4.46. The molecule has 1 heterocycles. The summed E-state index contributed by atoms with van der Waals surface area (Å²) < 4.78 is 0. The summed E-state index contributed by atoms with van der Waals surface area (Å²) in [7, 11) is 0. The molecule has 0 aliphatic heterocycles. The fourth-order valence-electron chi connectivity index (χ4n) is 2.97. The summed E-state index contributed by atoms with van der Waals surface area (Å²) in [6.45, 7) is 2.93. The summed E-state index contributed by atoms with van der Waals surface area (Å²) in [5.41, 5.74) is 1.16. The largest absolute Gasteiger partial charge is 0.478 e. The van der Waals surface area contributed by atoms with Crippen molar-refractivity contribution in [3.8, 4) is 0 Å². The predicted octanol–water partition coefficient (Wildman–Crippen LogP) is 3.19. The fourth-order valence-corrected chi connectivity index (χ4v) is 2.97. The van der Waals surface area contributed by atoms with Gasteiger partial charge in [0.05, 0.1) is 5.56 Å². The first-order valence-corrected chi connectivity index (χ1v) is 7.65. The number of nitrogens with zero attached hydrogens (tertiary/aromatic N) is 1. The van der Waals surface area contributed by atoms with E-state index in [1.54, 1.807) is 12.1 Å². The molecule has 2 aliphatic rings. The zero-order chi connectivity index (χ0) is 14.1. The van der Waals surface area contributed by atoms with Crippen molar-refractivity contribution in [1.29, 1.82) is 0 Å². The third kappa shape index (κ3) is 3.11. The van der Waals surface area contributed by atoms with Crippen LogP contribution in [-0.2, 0) is 6.42 Å². The Labute approximate surface area is 119 Å². The number of anilines is 1.